The normalized spacial score (nSPS) is 10.8. The highest BCUT2D eigenvalue weighted by Crippen LogP contribution is 2.28. The Hall–Kier alpha value is -2.53. The fraction of sp³-hybridized carbons (Fsp3) is 0.300. The maximum Gasteiger partial charge on any atom is 0.207 e. The Morgan fingerprint density at radius 1 is 1.19 bits per heavy atom. The standard InChI is InChI=1S/C20H22ClN3O2/c1-26-17-8-5-7-16(13-17)24-19-10-9-15(12-18(19)20(21)23-24)6-3-2-4-11-22-14-25/h5,7-10,12-14H,2-4,6,11H2,1H3,(H,22,25). The maximum atomic E-state index is 10.2. The molecular formula is C20H22ClN3O2. The smallest absolute Gasteiger partial charge is 0.207 e. The highest BCUT2D eigenvalue weighted by atomic mass is 35.5. The number of fused-ring (bicyclic) bond motifs is 1. The minimum absolute atomic E-state index is 0.500. The molecule has 0 atom stereocenters. The third kappa shape index (κ3) is 4.17. The Labute approximate surface area is 157 Å². The van der Waals surface area contributed by atoms with Gasteiger partial charge in [-0.05, 0) is 49.1 Å². The highest BCUT2D eigenvalue weighted by Gasteiger charge is 2.11. The Kier molecular flexibility index (Phi) is 6.12. The van der Waals surface area contributed by atoms with Crippen molar-refractivity contribution in [3.8, 4) is 11.4 Å². The molecule has 3 rings (SSSR count). The molecule has 0 fully saturated rings. The number of hydrogen-bond acceptors (Lipinski definition) is 3. The molecule has 0 bridgehead atoms. The van der Waals surface area contributed by atoms with Crippen LogP contribution in [0.1, 0.15) is 24.8 Å². The number of methoxy groups -OCH3 is 1. The number of aromatic nitrogens is 2. The van der Waals surface area contributed by atoms with Crippen LogP contribution in [0.4, 0.5) is 0 Å². The summed E-state index contributed by atoms with van der Waals surface area (Å²) in [7, 11) is 1.65. The number of amides is 1. The summed E-state index contributed by atoms with van der Waals surface area (Å²) in [5.74, 6) is 0.781. The van der Waals surface area contributed by atoms with Crippen molar-refractivity contribution in [1.29, 1.82) is 0 Å². The van der Waals surface area contributed by atoms with E-state index in [0.29, 0.717) is 5.15 Å². The molecule has 0 saturated heterocycles. The number of nitrogens with zero attached hydrogens (tertiary/aromatic N) is 2. The zero-order chi connectivity index (χ0) is 18.4. The van der Waals surface area contributed by atoms with E-state index in [1.165, 1.54) is 5.56 Å². The summed E-state index contributed by atoms with van der Waals surface area (Å²) in [6.07, 6.45) is 4.88. The summed E-state index contributed by atoms with van der Waals surface area (Å²) in [5.41, 5.74) is 3.13. The lowest BCUT2D eigenvalue weighted by Gasteiger charge is -2.07. The van der Waals surface area contributed by atoms with E-state index in [4.69, 9.17) is 16.3 Å². The van der Waals surface area contributed by atoms with Crippen molar-refractivity contribution in [3.63, 3.8) is 0 Å². The van der Waals surface area contributed by atoms with Crippen molar-refractivity contribution < 1.29 is 9.53 Å². The average Bonchev–Trinajstić information content (AvgIpc) is 3.01. The first-order valence-corrected chi connectivity index (χ1v) is 9.09. The van der Waals surface area contributed by atoms with Gasteiger partial charge >= 0.3 is 0 Å². The highest BCUT2D eigenvalue weighted by molar-refractivity contribution is 6.34. The molecule has 6 heteroatoms. The quantitative estimate of drug-likeness (QED) is 0.454. The zero-order valence-electron chi connectivity index (χ0n) is 14.7. The third-order valence-electron chi connectivity index (χ3n) is 4.37. The van der Waals surface area contributed by atoms with Crippen LogP contribution in [0.2, 0.25) is 5.15 Å². The van der Waals surface area contributed by atoms with Gasteiger partial charge in [-0.15, -0.1) is 0 Å². The lowest BCUT2D eigenvalue weighted by Crippen LogP contribution is -2.11. The summed E-state index contributed by atoms with van der Waals surface area (Å²) < 4.78 is 7.14. The number of carbonyl (C=O) groups is 1. The van der Waals surface area contributed by atoms with Crippen LogP contribution in [-0.4, -0.2) is 29.8 Å². The van der Waals surface area contributed by atoms with Crippen molar-refractivity contribution in [1.82, 2.24) is 15.1 Å². The molecule has 0 aliphatic heterocycles. The molecule has 1 amide bonds. The Morgan fingerprint density at radius 3 is 2.88 bits per heavy atom. The van der Waals surface area contributed by atoms with E-state index in [0.717, 1.165) is 61.0 Å². The second-order valence-electron chi connectivity index (χ2n) is 6.14. The number of hydrogen-bond donors (Lipinski definition) is 1. The van der Waals surface area contributed by atoms with Crippen molar-refractivity contribution in [2.75, 3.05) is 13.7 Å². The van der Waals surface area contributed by atoms with Gasteiger partial charge in [-0.2, -0.15) is 5.10 Å². The number of aryl methyl sites for hydroxylation is 1. The minimum atomic E-state index is 0.500. The van der Waals surface area contributed by atoms with Gasteiger partial charge in [0, 0.05) is 18.0 Å². The maximum absolute atomic E-state index is 10.2. The van der Waals surface area contributed by atoms with Gasteiger partial charge in [0.25, 0.3) is 0 Å². The van der Waals surface area contributed by atoms with E-state index in [1.807, 2.05) is 28.9 Å². The van der Waals surface area contributed by atoms with E-state index in [2.05, 4.69) is 28.6 Å². The largest absolute Gasteiger partial charge is 0.497 e. The molecule has 0 aliphatic rings. The van der Waals surface area contributed by atoms with E-state index < -0.39 is 0 Å². The van der Waals surface area contributed by atoms with Crippen LogP contribution in [0.15, 0.2) is 42.5 Å². The topological polar surface area (TPSA) is 56.1 Å². The van der Waals surface area contributed by atoms with Gasteiger partial charge < -0.3 is 10.1 Å². The van der Waals surface area contributed by atoms with Gasteiger partial charge in [0.1, 0.15) is 5.75 Å². The average molecular weight is 372 g/mol. The Balaban J connectivity index is 1.76. The fourth-order valence-corrected chi connectivity index (χ4v) is 3.24. The molecule has 2 aromatic carbocycles. The molecule has 136 valence electrons. The first-order valence-electron chi connectivity index (χ1n) is 8.71. The molecule has 1 aromatic heterocycles. The fourth-order valence-electron chi connectivity index (χ4n) is 3.02. The monoisotopic (exact) mass is 371 g/mol. The molecule has 0 radical (unpaired) electrons. The molecule has 0 saturated carbocycles. The first-order chi connectivity index (χ1) is 12.7. The van der Waals surface area contributed by atoms with Crippen LogP contribution in [0, 0.1) is 0 Å². The van der Waals surface area contributed by atoms with Crippen LogP contribution in [0.3, 0.4) is 0 Å². The van der Waals surface area contributed by atoms with Gasteiger partial charge in [-0.1, -0.05) is 30.2 Å². The SMILES string of the molecule is COc1cccc(-n2nc(Cl)c3cc(CCCCCNC=O)ccc32)c1. The van der Waals surface area contributed by atoms with Crippen LogP contribution in [0.5, 0.6) is 5.75 Å². The second-order valence-corrected chi connectivity index (χ2v) is 6.50. The second kappa shape index (κ2) is 8.72. The van der Waals surface area contributed by atoms with Crippen LogP contribution < -0.4 is 10.1 Å². The molecule has 0 aliphatic carbocycles. The van der Waals surface area contributed by atoms with Gasteiger partial charge in [0.05, 0.1) is 18.3 Å². The molecule has 26 heavy (non-hydrogen) atoms. The molecule has 0 spiro atoms. The number of ether oxygens (including phenoxy) is 1. The zero-order valence-corrected chi connectivity index (χ0v) is 15.5. The van der Waals surface area contributed by atoms with Crippen LogP contribution >= 0.6 is 11.6 Å². The molecule has 1 heterocycles. The third-order valence-corrected chi connectivity index (χ3v) is 4.65. The Morgan fingerprint density at radius 2 is 2.08 bits per heavy atom. The lowest BCUT2D eigenvalue weighted by atomic mass is 10.1. The van der Waals surface area contributed by atoms with Crippen molar-refractivity contribution >= 4 is 28.9 Å². The van der Waals surface area contributed by atoms with Crippen molar-refractivity contribution in [2.45, 2.75) is 25.7 Å². The molecule has 0 unspecified atom stereocenters. The number of nitrogens with one attached hydrogen (secondary N) is 1. The van der Waals surface area contributed by atoms with Crippen LogP contribution in [0.25, 0.3) is 16.6 Å². The van der Waals surface area contributed by atoms with E-state index >= 15 is 0 Å². The van der Waals surface area contributed by atoms with Gasteiger partial charge in [-0.3, -0.25) is 4.79 Å². The summed E-state index contributed by atoms with van der Waals surface area (Å²) in [5, 5.41) is 8.63. The van der Waals surface area contributed by atoms with Gasteiger partial charge in [0.2, 0.25) is 6.41 Å². The summed E-state index contributed by atoms with van der Waals surface area (Å²) >= 11 is 6.39. The number of rotatable bonds is 9. The number of benzene rings is 2. The van der Waals surface area contributed by atoms with E-state index in [9.17, 15) is 4.79 Å². The van der Waals surface area contributed by atoms with Gasteiger partial charge in [-0.25, -0.2) is 4.68 Å². The predicted octanol–water partition coefficient (Wildman–Crippen LogP) is 4.15. The lowest BCUT2D eigenvalue weighted by molar-refractivity contribution is -0.109. The number of halogens is 1. The van der Waals surface area contributed by atoms with Crippen molar-refractivity contribution in [3.05, 3.63) is 53.2 Å². The minimum Gasteiger partial charge on any atom is -0.497 e. The number of unbranched alkanes of at least 4 members (excludes halogenated alkanes) is 2. The van der Waals surface area contributed by atoms with Crippen LogP contribution in [-0.2, 0) is 11.2 Å². The summed E-state index contributed by atoms with van der Waals surface area (Å²) in [6.45, 7) is 0.738. The predicted molar refractivity (Wildman–Crippen MR) is 104 cm³/mol. The molecular weight excluding hydrogens is 350 g/mol. The van der Waals surface area contributed by atoms with E-state index in [1.54, 1.807) is 7.11 Å². The molecule has 5 nitrogen and oxygen atoms in total. The molecule has 3 aromatic rings. The summed E-state index contributed by atoms with van der Waals surface area (Å²) in [4.78, 5) is 10.2. The van der Waals surface area contributed by atoms with E-state index in [-0.39, 0.29) is 0 Å². The molecule has 1 N–H and O–H groups in total. The first kappa shape index (κ1) is 18.3. The summed E-state index contributed by atoms with van der Waals surface area (Å²) in [6, 6.07) is 14.1. The van der Waals surface area contributed by atoms with Crippen molar-refractivity contribution in [2.24, 2.45) is 0 Å². The van der Waals surface area contributed by atoms with Gasteiger partial charge in [0.15, 0.2) is 5.15 Å². The Bertz CT molecular complexity index is 892. The number of carbonyl (C=O) groups excluding carboxylic acids is 1.